The first-order valence-corrected chi connectivity index (χ1v) is 32.6. The standard InChI is InChI=1S/C48H52N2O8.C30H30O8.C2H4O2.CH4/c1-25(2)37-33-17-27(5)39(45(55)41(33)35(43(53)47(37)57)21-49-31(23-51)19-29-13-9-7-10-14-29)40-28(6)18-34-38(26(3)4)48(58)44(54)36(42(34)46(40)56)22-50-32(24-52)20-30-15-11-8-12-16-30;1-11(2)19-15-7-13(5)21(27(35)23(15)17(9-31)25(33)29(19)37)22-14(6)8-16-20(12(3)4)30(38)26(34)18(10-32)24(16)28(22)36;1-2(3)4;/h7-18,21-22,25-26,31-32,51-58H,19-20,23-24H2,1-6H3;7-12,33-38H,1-6H3;1H3,(H,3,4);1H4/t31-,32-;;;/m0.../s1. The first kappa shape index (κ1) is 77.3. The van der Waals surface area contributed by atoms with Gasteiger partial charge in [-0.15, -0.1) is 0 Å². The average Bonchev–Trinajstić information content (AvgIpc) is 0.728. The molecule has 0 amide bonds. The highest BCUT2D eigenvalue weighted by Gasteiger charge is 2.33. The number of benzene rings is 10. The van der Waals surface area contributed by atoms with Crippen LogP contribution in [-0.2, 0) is 17.6 Å². The van der Waals surface area contributed by atoms with Crippen LogP contribution in [0, 0.1) is 27.7 Å². The molecule has 10 aromatic carbocycles. The van der Waals surface area contributed by atoms with Gasteiger partial charge in [0.05, 0.1) is 36.4 Å². The fourth-order valence-corrected chi connectivity index (χ4v) is 13.7. The van der Waals surface area contributed by atoms with Crippen molar-refractivity contribution in [1.82, 2.24) is 0 Å². The quantitative estimate of drug-likeness (QED) is 0.0215. The highest BCUT2D eigenvalue weighted by Crippen LogP contribution is 2.57. The molecule has 0 aliphatic heterocycles. The van der Waals surface area contributed by atoms with Crippen molar-refractivity contribution in [2.45, 2.75) is 146 Å². The summed E-state index contributed by atoms with van der Waals surface area (Å²) in [6.07, 6.45) is 4.20. The zero-order valence-corrected chi connectivity index (χ0v) is 58.0. The van der Waals surface area contributed by atoms with E-state index in [1.54, 1.807) is 79.7 Å². The van der Waals surface area contributed by atoms with E-state index in [2.05, 4.69) is 9.98 Å². The number of aliphatic hydroxyl groups excluding tert-OH is 2. The van der Waals surface area contributed by atoms with E-state index in [4.69, 9.17) is 9.90 Å². The van der Waals surface area contributed by atoms with Gasteiger partial charge in [0.2, 0.25) is 0 Å². The van der Waals surface area contributed by atoms with Crippen molar-refractivity contribution in [1.29, 1.82) is 0 Å². The number of aliphatic hydroxyl groups is 2. The van der Waals surface area contributed by atoms with Crippen molar-refractivity contribution in [2.24, 2.45) is 9.98 Å². The number of hydrogen-bond acceptors (Lipinski definition) is 19. The maximum Gasteiger partial charge on any atom is 0.300 e. The lowest BCUT2D eigenvalue weighted by Gasteiger charge is -2.23. The van der Waals surface area contributed by atoms with E-state index in [-0.39, 0.29) is 133 Å². The van der Waals surface area contributed by atoms with Gasteiger partial charge in [-0.1, -0.05) is 148 Å². The van der Waals surface area contributed by atoms with Crippen LogP contribution in [-0.4, -0.2) is 133 Å². The van der Waals surface area contributed by atoms with E-state index in [0.717, 1.165) is 18.1 Å². The summed E-state index contributed by atoms with van der Waals surface area (Å²) < 4.78 is 0. The monoisotopic (exact) mass is 1380 g/mol. The molecule has 20 heteroatoms. The van der Waals surface area contributed by atoms with Crippen molar-refractivity contribution in [3.05, 3.63) is 163 Å². The predicted octanol–water partition coefficient (Wildman–Crippen LogP) is 15.9. The SMILES string of the molecule is C.CC(=O)O.Cc1cc2c(C(C)C)c(O)c(O)c(C=N[C@H](CO)Cc3ccccc3)c2c(O)c1-c1c(C)cc2c(C(C)C)c(O)c(O)c(C=N[C@H](CO)Cc3ccccc3)c2c1O.Cc1cc2c(C(C)C)c(O)c(O)c(C=O)c2c(O)c1-c1c(C)cc2c(C(C)C)c(O)c(O)c(C=O)c2c1O. The van der Waals surface area contributed by atoms with Crippen molar-refractivity contribution in [2.75, 3.05) is 13.2 Å². The minimum absolute atomic E-state index is 0. The van der Waals surface area contributed by atoms with Gasteiger partial charge in [-0.2, -0.15) is 0 Å². The zero-order valence-electron chi connectivity index (χ0n) is 58.0. The van der Waals surface area contributed by atoms with Crippen LogP contribution < -0.4 is 0 Å². The second-order valence-electron chi connectivity index (χ2n) is 26.4. The number of carbonyl (C=O) groups excluding carboxylic acids is 2. The van der Waals surface area contributed by atoms with E-state index in [9.17, 15) is 81.1 Å². The number of phenolic OH excluding ortho intramolecular Hbond substituents is 12. The van der Waals surface area contributed by atoms with Crippen molar-refractivity contribution >= 4 is 74.1 Å². The number of aliphatic carboxylic acids is 1. The largest absolute Gasteiger partial charge is 0.507 e. The van der Waals surface area contributed by atoms with Gasteiger partial charge in [0.1, 0.15) is 23.0 Å². The molecule has 0 saturated heterocycles. The number of hydrogen-bond donors (Lipinski definition) is 15. The lowest BCUT2D eigenvalue weighted by molar-refractivity contribution is -0.134. The zero-order chi connectivity index (χ0) is 74.0. The topological polar surface area (TPSA) is 379 Å². The van der Waals surface area contributed by atoms with Crippen LogP contribution >= 0.6 is 0 Å². The summed E-state index contributed by atoms with van der Waals surface area (Å²) in [5.74, 6) is -7.22. The van der Waals surface area contributed by atoms with Gasteiger partial charge in [0.15, 0.2) is 58.6 Å². The van der Waals surface area contributed by atoms with Crippen molar-refractivity contribution in [3.8, 4) is 91.2 Å². The number of carboxylic acids is 1. The molecule has 0 aliphatic rings. The molecule has 2 atom stereocenters. The second kappa shape index (κ2) is 31.4. The summed E-state index contributed by atoms with van der Waals surface area (Å²) in [4.78, 5) is 42.2. The maximum atomic E-state index is 12.5. The van der Waals surface area contributed by atoms with Gasteiger partial charge >= 0.3 is 0 Å². The van der Waals surface area contributed by atoms with Gasteiger partial charge in [-0.25, -0.2) is 0 Å². The Morgan fingerprint density at radius 3 is 0.802 bits per heavy atom. The third-order valence-electron chi connectivity index (χ3n) is 18.1. The Hall–Kier alpha value is -11.1. The third-order valence-corrected chi connectivity index (χ3v) is 18.1. The molecule has 0 fully saturated rings. The third kappa shape index (κ3) is 14.5. The summed E-state index contributed by atoms with van der Waals surface area (Å²) in [5, 5.41) is 166. The van der Waals surface area contributed by atoms with Crippen LogP contribution in [0.5, 0.6) is 69.0 Å². The Kier molecular flexibility index (Phi) is 24.0. The fourth-order valence-electron chi connectivity index (χ4n) is 13.7. The molecule has 20 nitrogen and oxygen atoms in total. The van der Waals surface area contributed by atoms with Crippen LogP contribution in [0.4, 0.5) is 0 Å². The number of aryl methyl sites for hydroxylation is 4. The van der Waals surface area contributed by atoms with Crippen LogP contribution in [0.1, 0.15) is 181 Å². The number of nitrogens with zero attached hydrogens (tertiary/aromatic N) is 2. The molecule has 0 heterocycles. The smallest absolute Gasteiger partial charge is 0.300 e. The number of aromatic hydroxyl groups is 12. The van der Waals surface area contributed by atoms with E-state index in [0.29, 0.717) is 91.5 Å². The highest BCUT2D eigenvalue weighted by molar-refractivity contribution is 6.17. The van der Waals surface area contributed by atoms with E-state index >= 15 is 0 Å². The number of carboxylic acid groups (broad SMARTS) is 1. The molecule has 0 spiro atoms. The number of phenols is 12. The summed E-state index contributed by atoms with van der Waals surface area (Å²) in [6.45, 7) is 22.0. The number of aldehydes is 2. The summed E-state index contributed by atoms with van der Waals surface area (Å²) in [7, 11) is 0. The number of aliphatic imine (C=N–C) groups is 2. The lowest BCUT2D eigenvalue weighted by Crippen LogP contribution is -2.14. The molecule has 0 radical (unpaired) electrons. The van der Waals surface area contributed by atoms with Crippen LogP contribution in [0.3, 0.4) is 0 Å². The van der Waals surface area contributed by atoms with Gasteiger partial charge in [-0.3, -0.25) is 24.4 Å². The van der Waals surface area contributed by atoms with E-state index in [1.807, 2.05) is 88.4 Å². The molecular formula is C81H90N2O18. The van der Waals surface area contributed by atoms with E-state index in [1.165, 1.54) is 12.4 Å². The lowest BCUT2D eigenvalue weighted by atomic mass is 9.83. The Morgan fingerprint density at radius 1 is 0.376 bits per heavy atom. The van der Waals surface area contributed by atoms with Crippen LogP contribution in [0.25, 0.3) is 65.3 Å². The number of fused-ring (bicyclic) bond motifs is 4. The summed E-state index contributed by atoms with van der Waals surface area (Å²) >= 11 is 0. The molecule has 0 aromatic heterocycles. The van der Waals surface area contributed by atoms with Crippen molar-refractivity contribution in [3.63, 3.8) is 0 Å². The normalized spacial score (nSPS) is 12.2. The highest BCUT2D eigenvalue weighted by atomic mass is 16.4. The molecule has 0 unspecified atom stereocenters. The van der Waals surface area contributed by atoms with Crippen LogP contribution in [0.15, 0.2) is 94.9 Å². The fraction of sp³-hybridized carbons (Fsp3) is 0.296. The average molecular weight is 1380 g/mol. The Bertz CT molecular complexity index is 4610. The Labute approximate surface area is 585 Å². The minimum Gasteiger partial charge on any atom is -0.507 e. The summed E-state index contributed by atoms with van der Waals surface area (Å²) in [5.41, 5.74) is 5.66. The van der Waals surface area contributed by atoms with Gasteiger partial charge < -0.3 is 76.6 Å². The van der Waals surface area contributed by atoms with E-state index < -0.39 is 64.0 Å². The van der Waals surface area contributed by atoms with Crippen LogP contribution in [0.2, 0.25) is 0 Å². The van der Waals surface area contributed by atoms with Crippen molar-refractivity contribution < 1.29 is 91.0 Å². The van der Waals surface area contributed by atoms with Gasteiger partial charge in [-0.05, 0) is 119 Å². The molecule has 0 saturated carbocycles. The molecule has 10 rings (SSSR count). The molecular weight excluding hydrogens is 1290 g/mol. The summed E-state index contributed by atoms with van der Waals surface area (Å²) in [6, 6.07) is 24.7. The molecule has 101 heavy (non-hydrogen) atoms. The number of carbonyl (C=O) groups is 3. The van der Waals surface area contributed by atoms with Gasteiger partial charge in [0.25, 0.3) is 5.97 Å². The predicted molar refractivity (Wildman–Crippen MR) is 397 cm³/mol. The van der Waals surface area contributed by atoms with Gasteiger partial charge in [0, 0.05) is 96.5 Å². The first-order valence-electron chi connectivity index (χ1n) is 32.6. The molecule has 10 aromatic rings. The molecule has 15 N–H and O–H groups in total. The second-order valence-corrected chi connectivity index (χ2v) is 26.4. The Morgan fingerprint density at radius 2 is 0.594 bits per heavy atom. The molecule has 532 valence electrons. The molecule has 0 bridgehead atoms. The number of rotatable bonds is 18. The molecule has 0 aliphatic carbocycles. The Balaban J connectivity index is 0.000000287. The maximum absolute atomic E-state index is 12.5. The first-order chi connectivity index (χ1) is 47.2. The minimum atomic E-state index is -0.833.